The fourth-order valence-corrected chi connectivity index (χ4v) is 2.10. The van der Waals surface area contributed by atoms with E-state index in [1.807, 2.05) is 13.0 Å². The molecule has 5 heteroatoms. The lowest BCUT2D eigenvalue weighted by atomic mass is 10.2. The summed E-state index contributed by atoms with van der Waals surface area (Å²) < 4.78 is 12.9. The summed E-state index contributed by atoms with van der Waals surface area (Å²) >= 11 is 1.25. The Morgan fingerprint density at radius 1 is 1.35 bits per heavy atom. The van der Waals surface area contributed by atoms with Crippen molar-refractivity contribution in [2.45, 2.75) is 17.0 Å². The van der Waals surface area contributed by atoms with Crippen molar-refractivity contribution in [1.29, 1.82) is 5.26 Å². The van der Waals surface area contributed by atoms with E-state index >= 15 is 0 Å². The van der Waals surface area contributed by atoms with Gasteiger partial charge < -0.3 is 0 Å². The molecule has 0 amide bonds. The van der Waals surface area contributed by atoms with Gasteiger partial charge in [-0.25, -0.2) is 14.4 Å². The maximum absolute atomic E-state index is 12.9. The third-order valence-electron chi connectivity index (χ3n) is 2.04. The lowest BCUT2D eigenvalue weighted by Crippen LogP contribution is -1.90. The van der Waals surface area contributed by atoms with E-state index in [0.29, 0.717) is 15.6 Å². The molecule has 2 aromatic rings. The zero-order valence-corrected chi connectivity index (χ0v) is 9.83. The first-order valence-electron chi connectivity index (χ1n) is 4.86. The molecule has 1 heterocycles. The molecule has 0 saturated heterocycles. The van der Waals surface area contributed by atoms with Crippen LogP contribution in [0.2, 0.25) is 0 Å². The van der Waals surface area contributed by atoms with Crippen LogP contribution in [-0.4, -0.2) is 9.97 Å². The number of hydrogen-bond acceptors (Lipinski definition) is 4. The fraction of sp³-hybridized carbons (Fsp3) is 0.0833. The van der Waals surface area contributed by atoms with Crippen LogP contribution in [0.25, 0.3) is 0 Å². The molecule has 2 rings (SSSR count). The molecule has 0 N–H and O–H groups in total. The second-order valence-corrected chi connectivity index (χ2v) is 4.34. The highest BCUT2D eigenvalue weighted by atomic mass is 32.2. The van der Waals surface area contributed by atoms with Gasteiger partial charge in [-0.1, -0.05) is 0 Å². The van der Waals surface area contributed by atoms with Crippen molar-refractivity contribution in [3.8, 4) is 6.07 Å². The molecule has 1 aromatic heterocycles. The second-order valence-electron chi connectivity index (χ2n) is 3.33. The number of halogens is 1. The predicted molar refractivity (Wildman–Crippen MR) is 62.0 cm³/mol. The van der Waals surface area contributed by atoms with Gasteiger partial charge in [0.2, 0.25) is 0 Å². The molecule has 0 aliphatic heterocycles. The first-order valence-corrected chi connectivity index (χ1v) is 5.68. The fourth-order valence-electron chi connectivity index (χ4n) is 1.25. The van der Waals surface area contributed by atoms with Crippen LogP contribution in [0.1, 0.15) is 11.3 Å². The Balaban J connectivity index is 2.34. The van der Waals surface area contributed by atoms with Gasteiger partial charge >= 0.3 is 0 Å². The minimum Gasteiger partial charge on any atom is -0.231 e. The zero-order valence-electron chi connectivity index (χ0n) is 9.01. The second kappa shape index (κ2) is 4.93. The van der Waals surface area contributed by atoms with E-state index in [1.54, 1.807) is 18.3 Å². The Kier molecular flexibility index (Phi) is 3.35. The minimum atomic E-state index is -0.420. The normalized spacial score (nSPS) is 9.94. The van der Waals surface area contributed by atoms with Gasteiger partial charge in [0, 0.05) is 16.8 Å². The molecule has 17 heavy (non-hydrogen) atoms. The largest absolute Gasteiger partial charge is 0.231 e. The molecule has 0 aliphatic carbocycles. The highest BCUT2D eigenvalue weighted by Gasteiger charge is 2.07. The SMILES string of the molecule is Cc1ccnc(Sc2ccc(F)cc2C#N)n1. The van der Waals surface area contributed by atoms with Crippen LogP contribution in [0.15, 0.2) is 40.5 Å². The molecule has 0 spiro atoms. The molecule has 0 saturated carbocycles. The van der Waals surface area contributed by atoms with Crippen LogP contribution in [-0.2, 0) is 0 Å². The summed E-state index contributed by atoms with van der Waals surface area (Å²) in [4.78, 5) is 8.95. The number of aryl methyl sites for hydroxylation is 1. The van der Waals surface area contributed by atoms with Gasteiger partial charge in [-0.15, -0.1) is 0 Å². The van der Waals surface area contributed by atoms with Gasteiger partial charge in [0.15, 0.2) is 5.16 Å². The number of nitriles is 1. The summed E-state index contributed by atoms with van der Waals surface area (Å²) in [5.41, 5.74) is 1.14. The minimum absolute atomic E-state index is 0.292. The maximum atomic E-state index is 12.9. The van der Waals surface area contributed by atoms with Crippen molar-refractivity contribution >= 4 is 11.8 Å². The lowest BCUT2D eigenvalue weighted by molar-refractivity contribution is 0.626. The monoisotopic (exact) mass is 245 g/mol. The Labute approximate surface area is 102 Å². The number of nitrogens with zero attached hydrogens (tertiary/aromatic N) is 3. The molecule has 0 radical (unpaired) electrons. The van der Waals surface area contributed by atoms with Gasteiger partial charge in [0.1, 0.15) is 11.9 Å². The zero-order chi connectivity index (χ0) is 12.3. The van der Waals surface area contributed by atoms with Crippen molar-refractivity contribution in [2.75, 3.05) is 0 Å². The van der Waals surface area contributed by atoms with Gasteiger partial charge in [-0.3, -0.25) is 0 Å². The Morgan fingerprint density at radius 2 is 2.18 bits per heavy atom. The molecule has 84 valence electrons. The number of rotatable bonds is 2. The van der Waals surface area contributed by atoms with E-state index in [-0.39, 0.29) is 0 Å². The molecule has 0 aliphatic rings. The van der Waals surface area contributed by atoms with Crippen molar-refractivity contribution < 1.29 is 4.39 Å². The standard InChI is InChI=1S/C12H8FN3S/c1-8-4-5-15-12(16-8)17-11-3-2-10(13)6-9(11)7-14/h2-6H,1H3. The summed E-state index contributed by atoms with van der Waals surface area (Å²) in [7, 11) is 0. The number of benzene rings is 1. The highest BCUT2D eigenvalue weighted by Crippen LogP contribution is 2.27. The molecule has 0 fully saturated rings. The summed E-state index contributed by atoms with van der Waals surface area (Å²) in [5.74, 6) is -0.420. The van der Waals surface area contributed by atoms with E-state index in [2.05, 4.69) is 9.97 Å². The highest BCUT2D eigenvalue weighted by molar-refractivity contribution is 7.99. The van der Waals surface area contributed by atoms with Crippen LogP contribution in [0.3, 0.4) is 0 Å². The molecule has 3 nitrogen and oxygen atoms in total. The van der Waals surface area contributed by atoms with E-state index in [4.69, 9.17) is 5.26 Å². The van der Waals surface area contributed by atoms with Gasteiger partial charge in [-0.05, 0) is 43.0 Å². The number of hydrogen-bond donors (Lipinski definition) is 0. The third kappa shape index (κ3) is 2.80. The predicted octanol–water partition coefficient (Wildman–Crippen LogP) is 2.95. The lowest BCUT2D eigenvalue weighted by Gasteiger charge is -2.02. The quantitative estimate of drug-likeness (QED) is 0.763. The summed E-state index contributed by atoms with van der Waals surface area (Å²) in [6.45, 7) is 1.86. The maximum Gasteiger partial charge on any atom is 0.192 e. The first kappa shape index (κ1) is 11.6. The van der Waals surface area contributed by atoms with Crippen LogP contribution in [0.5, 0.6) is 0 Å². The van der Waals surface area contributed by atoms with Crippen LogP contribution in [0, 0.1) is 24.1 Å². The molecule has 0 atom stereocenters. The van der Waals surface area contributed by atoms with Crippen LogP contribution in [0.4, 0.5) is 4.39 Å². The Morgan fingerprint density at radius 3 is 2.88 bits per heavy atom. The molecule has 1 aromatic carbocycles. The molecular formula is C12H8FN3S. The smallest absolute Gasteiger partial charge is 0.192 e. The van der Waals surface area contributed by atoms with Crippen molar-refractivity contribution in [3.63, 3.8) is 0 Å². The molecular weight excluding hydrogens is 237 g/mol. The first-order chi connectivity index (χ1) is 8.19. The summed E-state index contributed by atoms with van der Waals surface area (Å²) in [5, 5.41) is 9.45. The van der Waals surface area contributed by atoms with Gasteiger partial charge in [0.05, 0.1) is 5.56 Å². The summed E-state index contributed by atoms with van der Waals surface area (Å²) in [6, 6.07) is 7.83. The van der Waals surface area contributed by atoms with E-state index < -0.39 is 5.82 Å². The van der Waals surface area contributed by atoms with Crippen molar-refractivity contribution in [3.05, 3.63) is 47.5 Å². The molecule has 0 bridgehead atoms. The third-order valence-corrected chi connectivity index (χ3v) is 2.99. The summed E-state index contributed by atoms with van der Waals surface area (Å²) in [6.07, 6.45) is 1.65. The Hall–Kier alpha value is -1.93. The topological polar surface area (TPSA) is 49.6 Å². The van der Waals surface area contributed by atoms with Crippen molar-refractivity contribution in [1.82, 2.24) is 9.97 Å². The van der Waals surface area contributed by atoms with Gasteiger partial charge in [0.25, 0.3) is 0 Å². The average Bonchev–Trinajstić information content (AvgIpc) is 2.31. The van der Waals surface area contributed by atoms with E-state index in [1.165, 1.54) is 23.9 Å². The van der Waals surface area contributed by atoms with Crippen LogP contribution < -0.4 is 0 Å². The Bertz CT molecular complexity index is 593. The average molecular weight is 245 g/mol. The van der Waals surface area contributed by atoms with Crippen LogP contribution >= 0.6 is 11.8 Å². The van der Waals surface area contributed by atoms with Gasteiger partial charge in [-0.2, -0.15) is 5.26 Å². The number of aromatic nitrogens is 2. The van der Waals surface area contributed by atoms with Crippen molar-refractivity contribution in [2.24, 2.45) is 0 Å². The van der Waals surface area contributed by atoms with E-state index in [0.717, 1.165) is 5.69 Å². The van der Waals surface area contributed by atoms with E-state index in [9.17, 15) is 4.39 Å². The molecule has 0 unspecified atom stereocenters.